The Morgan fingerprint density at radius 3 is 1.15 bits per heavy atom. The molecule has 0 aromatic heterocycles. The van der Waals surface area contributed by atoms with Gasteiger partial charge in [-0.3, -0.25) is 0 Å². The minimum atomic E-state index is -0.401. The molecule has 0 spiro atoms. The second-order valence-electron chi connectivity index (χ2n) is 10.5. The summed E-state index contributed by atoms with van der Waals surface area (Å²) in [5, 5.41) is 0. The molecule has 0 N–H and O–H groups in total. The van der Waals surface area contributed by atoms with E-state index in [-0.39, 0.29) is 24.4 Å². The molecule has 0 amide bonds. The van der Waals surface area contributed by atoms with Gasteiger partial charge in [-0.05, 0) is 34.4 Å². The number of epoxide rings is 1. The Morgan fingerprint density at radius 1 is 0.439 bits per heavy atom. The van der Waals surface area contributed by atoms with E-state index in [1.807, 2.05) is 78.9 Å². The van der Waals surface area contributed by atoms with Crippen molar-refractivity contribution in [1.29, 1.82) is 0 Å². The molecule has 41 heavy (non-hydrogen) atoms. The average molecular weight is 553 g/mol. The summed E-state index contributed by atoms with van der Waals surface area (Å²) in [5.41, 5.74) is 4.33. The maximum absolute atomic E-state index is 6.66. The van der Waals surface area contributed by atoms with Gasteiger partial charge in [-0.15, -0.1) is 0 Å². The monoisotopic (exact) mass is 552 g/mol. The summed E-state index contributed by atoms with van der Waals surface area (Å²) in [6.07, 6.45) is -1.68. The van der Waals surface area contributed by atoms with E-state index in [4.69, 9.17) is 28.4 Å². The lowest BCUT2D eigenvalue weighted by molar-refractivity contribution is -0.203. The number of benzene rings is 4. The molecular weight excluding hydrogens is 516 g/mol. The van der Waals surface area contributed by atoms with Gasteiger partial charge in [-0.2, -0.15) is 0 Å². The van der Waals surface area contributed by atoms with Crippen molar-refractivity contribution in [3.8, 4) is 5.75 Å². The molecule has 6 rings (SSSR count). The quantitative estimate of drug-likeness (QED) is 0.186. The van der Waals surface area contributed by atoms with Crippen LogP contribution in [0.25, 0.3) is 0 Å². The predicted octanol–water partition coefficient (Wildman–Crippen LogP) is 6.12. The van der Waals surface area contributed by atoms with Crippen molar-refractivity contribution in [2.75, 3.05) is 7.11 Å². The van der Waals surface area contributed by atoms with Crippen molar-refractivity contribution in [2.45, 2.75) is 63.1 Å². The SMILES string of the molecule is COc1ccc(CO[C@@H]2[C@@H](OCc3ccccc3)[C@H](OCc3ccccc3)[C@@H](OCc3ccccc3)[C@@H]3O[C@H]23)cc1. The first-order chi connectivity index (χ1) is 20.3. The first-order valence-corrected chi connectivity index (χ1v) is 14.1. The molecule has 1 aliphatic heterocycles. The third-order valence-electron chi connectivity index (χ3n) is 7.64. The molecule has 4 aromatic rings. The van der Waals surface area contributed by atoms with Crippen LogP contribution >= 0.6 is 0 Å². The zero-order valence-corrected chi connectivity index (χ0v) is 23.2. The highest BCUT2D eigenvalue weighted by Gasteiger charge is 2.63. The maximum atomic E-state index is 6.66. The number of methoxy groups -OCH3 is 1. The fraction of sp³-hybridized carbons (Fsp3) is 0.314. The van der Waals surface area contributed by atoms with Crippen molar-refractivity contribution in [1.82, 2.24) is 0 Å². The van der Waals surface area contributed by atoms with Crippen molar-refractivity contribution in [3.63, 3.8) is 0 Å². The minimum Gasteiger partial charge on any atom is -0.497 e. The molecule has 1 heterocycles. The van der Waals surface area contributed by atoms with E-state index in [0.717, 1.165) is 28.0 Å². The highest BCUT2D eigenvalue weighted by molar-refractivity contribution is 5.27. The number of rotatable bonds is 13. The largest absolute Gasteiger partial charge is 0.497 e. The summed E-state index contributed by atoms with van der Waals surface area (Å²) < 4.78 is 38.0. The van der Waals surface area contributed by atoms with Crippen LogP contribution in [-0.4, -0.2) is 43.7 Å². The highest BCUT2D eigenvalue weighted by Crippen LogP contribution is 2.44. The van der Waals surface area contributed by atoms with Gasteiger partial charge in [0.25, 0.3) is 0 Å². The molecule has 6 nitrogen and oxygen atoms in total. The number of hydrogen-bond donors (Lipinski definition) is 0. The third kappa shape index (κ3) is 7.04. The van der Waals surface area contributed by atoms with Gasteiger partial charge in [-0.1, -0.05) is 103 Å². The summed E-state index contributed by atoms with van der Waals surface area (Å²) in [6, 6.07) is 38.5. The van der Waals surface area contributed by atoms with Crippen LogP contribution < -0.4 is 4.74 Å². The molecule has 0 bridgehead atoms. The van der Waals surface area contributed by atoms with Gasteiger partial charge in [0.15, 0.2) is 0 Å². The Balaban J connectivity index is 1.24. The van der Waals surface area contributed by atoms with E-state index < -0.39 is 12.2 Å². The topological polar surface area (TPSA) is 58.7 Å². The van der Waals surface area contributed by atoms with Gasteiger partial charge in [0, 0.05) is 0 Å². The minimum absolute atomic E-state index is 0.128. The number of hydrogen-bond acceptors (Lipinski definition) is 6. The first-order valence-electron chi connectivity index (χ1n) is 14.1. The number of ether oxygens (including phenoxy) is 6. The fourth-order valence-corrected chi connectivity index (χ4v) is 5.39. The van der Waals surface area contributed by atoms with E-state index in [2.05, 4.69) is 36.4 Å². The summed E-state index contributed by atoms with van der Waals surface area (Å²) in [4.78, 5) is 0. The Morgan fingerprint density at radius 2 is 0.780 bits per heavy atom. The average Bonchev–Trinajstić information content (AvgIpc) is 3.83. The molecule has 212 valence electrons. The summed E-state index contributed by atoms with van der Waals surface area (Å²) in [5.74, 6) is 0.814. The normalized spacial score (nSPS) is 24.9. The van der Waals surface area contributed by atoms with E-state index in [0.29, 0.717) is 26.4 Å². The molecule has 2 fully saturated rings. The molecular formula is C35H36O6. The van der Waals surface area contributed by atoms with Gasteiger partial charge in [0.05, 0.1) is 33.5 Å². The summed E-state index contributed by atoms with van der Waals surface area (Å²) in [6.45, 7) is 1.76. The fourth-order valence-electron chi connectivity index (χ4n) is 5.39. The molecule has 2 aliphatic rings. The number of fused-ring (bicyclic) bond motifs is 1. The van der Waals surface area contributed by atoms with E-state index in [1.165, 1.54) is 0 Å². The molecule has 1 aliphatic carbocycles. The Bertz CT molecular complexity index is 1330. The van der Waals surface area contributed by atoms with E-state index in [1.54, 1.807) is 7.11 Å². The molecule has 1 saturated heterocycles. The van der Waals surface area contributed by atoms with Crippen LogP contribution in [0.3, 0.4) is 0 Å². The Hall–Kier alpha value is -3.52. The first kappa shape index (κ1) is 27.6. The van der Waals surface area contributed by atoms with Gasteiger partial charge >= 0.3 is 0 Å². The Labute approximate surface area is 241 Å². The zero-order valence-electron chi connectivity index (χ0n) is 23.2. The summed E-state index contributed by atoms with van der Waals surface area (Å²) >= 11 is 0. The van der Waals surface area contributed by atoms with Crippen molar-refractivity contribution in [2.24, 2.45) is 0 Å². The van der Waals surface area contributed by atoms with Crippen LogP contribution in [0.15, 0.2) is 115 Å². The zero-order chi connectivity index (χ0) is 27.9. The van der Waals surface area contributed by atoms with Crippen LogP contribution in [0.1, 0.15) is 22.3 Å². The molecule has 1 saturated carbocycles. The van der Waals surface area contributed by atoms with E-state index in [9.17, 15) is 0 Å². The lowest BCUT2D eigenvalue weighted by atomic mass is 9.88. The van der Waals surface area contributed by atoms with Crippen molar-refractivity contribution >= 4 is 0 Å². The molecule has 0 radical (unpaired) electrons. The van der Waals surface area contributed by atoms with Crippen LogP contribution in [0.5, 0.6) is 5.75 Å². The molecule has 6 heteroatoms. The van der Waals surface area contributed by atoms with Crippen LogP contribution in [0.4, 0.5) is 0 Å². The summed E-state index contributed by atoms with van der Waals surface area (Å²) in [7, 11) is 1.67. The standard InChI is InChI=1S/C35H36O6/c1-36-29-19-17-28(18-20-29)24-40-33-31(38-22-26-13-7-3-8-14-26)30(37-21-25-11-5-2-6-12-25)32(34-35(33)41-34)39-23-27-15-9-4-10-16-27/h2-20,30-35H,21-24H2,1H3/t30-,31-,32+,33+,34-,35+/m0/s1. The van der Waals surface area contributed by atoms with Crippen LogP contribution in [-0.2, 0) is 50.1 Å². The second kappa shape index (κ2) is 13.4. The molecule has 4 aromatic carbocycles. The van der Waals surface area contributed by atoms with Gasteiger partial charge < -0.3 is 28.4 Å². The lowest BCUT2D eigenvalue weighted by Crippen LogP contribution is -2.57. The van der Waals surface area contributed by atoms with Crippen LogP contribution in [0.2, 0.25) is 0 Å². The second-order valence-corrected chi connectivity index (χ2v) is 10.5. The lowest BCUT2D eigenvalue weighted by Gasteiger charge is -2.40. The Kier molecular flexibility index (Phi) is 9.05. The molecule has 0 unspecified atom stereocenters. The van der Waals surface area contributed by atoms with Crippen molar-refractivity contribution in [3.05, 3.63) is 138 Å². The third-order valence-corrected chi connectivity index (χ3v) is 7.64. The maximum Gasteiger partial charge on any atom is 0.118 e. The van der Waals surface area contributed by atoms with E-state index >= 15 is 0 Å². The van der Waals surface area contributed by atoms with Crippen molar-refractivity contribution < 1.29 is 28.4 Å². The molecule has 6 atom stereocenters. The predicted molar refractivity (Wildman–Crippen MR) is 155 cm³/mol. The van der Waals surface area contributed by atoms with Gasteiger partial charge in [-0.25, -0.2) is 0 Å². The van der Waals surface area contributed by atoms with Gasteiger partial charge in [0.1, 0.15) is 42.4 Å². The van der Waals surface area contributed by atoms with Gasteiger partial charge in [0.2, 0.25) is 0 Å². The van der Waals surface area contributed by atoms with Crippen LogP contribution in [0, 0.1) is 0 Å². The highest BCUT2D eigenvalue weighted by atomic mass is 16.7. The smallest absolute Gasteiger partial charge is 0.118 e.